The number of halogens is 4. The van der Waals surface area contributed by atoms with Gasteiger partial charge >= 0.3 is 0 Å². The Kier molecular flexibility index (Phi) is 6.64. The SMILES string of the molecule is CC(C)C[C@H](N)c1c(F)ccc(Cl)c1Cl.Cl. The summed E-state index contributed by atoms with van der Waals surface area (Å²) in [4.78, 5) is 0. The Morgan fingerprint density at radius 3 is 2.38 bits per heavy atom. The van der Waals surface area contributed by atoms with Crippen molar-refractivity contribution in [3.8, 4) is 0 Å². The van der Waals surface area contributed by atoms with Gasteiger partial charge in [0, 0.05) is 11.6 Å². The van der Waals surface area contributed by atoms with Gasteiger partial charge < -0.3 is 5.73 Å². The molecule has 0 aliphatic heterocycles. The highest BCUT2D eigenvalue weighted by molar-refractivity contribution is 6.42. The van der Waals surface area contributed by atoms with Crippen LogP contribution in [0.25, 0.3) is 0 Å². The van der Waals surface area contributed by atoms with Crippen molar-refractivity contribution in [2.75, 3.05) is 0 Å². The maximum Gasteiger partial charge on any atom is 0.129 e. The maximum absolute atomic E-state index is 13.5. The van der Waals surface area contributed by atoms with Gasteiger partial charge in [-0.05, 0) is 24.5 Å². The number of hydrogen-bond donors (Lipinski definition) is 1. The van der Waals surface area contributed by atoms with E-state index < -0.39 is 11.9 Å². The van der Waals surface area contributed by atoms with Crippen molar-refractivity contribution in [3.05, 3.63) is 33.6 Å². The molecule has 0 spiro atoms. The van der Waals surface area contributed by atoms with Crippen LogP contribution in [0.1, 0.15) is 31.9 Å². The minimum Gasteiger partial charge on any atom is -0.324 e. The molecule has 0 aliphatic carbocycles. The number of rotatable bonds is 3. The van der Waals surface area contributed by atoms with Gasteiger partial charge in [-0.2, -0.15) is 0 Å². The molecule has 5 heteroatoms. The fourth-order valence-corrected chi connectivity index (χ4v) is 1.97. The molecular weight excluding hydrogens is 271 g/mol. The lowest BCUT2D eigenvalue weighted by Crippen LogP contribution is -2.15. The lowest BCUT2D eigenvalue weighted by Gasteiger charge is -2.17. The van der Waals surface area contributed by atoms with Crippen LogP contribution >= 0.6 is 35.6 Å². The molecular formula is C11H15Cl3FN. The fourth-order valence-electron chi connectivity index (χ4n) is 1.51. The van der Waals surface area contributed by atoms with Crippen LogP contribution < -0.4 is 5.73 Å². The topological polar surface area (TPSA) is 26.0 Å². The Morgan fingerprint density at radius 1 is 1.31 bits per heavy atom. The van der Waals surface area contributed by atoms with E-state index in [9.17, 15) is 4.39 Å². The standard InChI is InChI=1S/C11H14Cl2FN.ClH/c1-6(2)5-9(15)10-8(14)4-3-7(12)11(10)13;/h3-4,6,9H,5,15H2,1-2H3;1H/t9-;/m0./s1. The highest BCUT2D eigenvalue weighted by atomic mass is 35.5. The second kappa shape index (κ2) is 6.65. The van der Waals surface area contributed by atoms with Crippen molar-refractivity contribution in [2.45, 2.75) is 26.3 Å². The van der Waals surface area contributed by atoms with Gasteiger partial charge in [0.05, 0.1) is 10.0 Å². The first-order valence-electron chi connectivity index (χ1n) is 4.82. The molecule has 1 rings (SSSR count). The molecule has 2 N–H and O–H groups in total. The smallest absolute Gasteiger partial charge is 0.129 e. The Balaban J connectivity index is 0.00000225. The van der Waals surface area contributed by atoms with Gasteiger partial charge in [0.25, 0.3) is 0 Å². The number of nitrogens with two attached hydrogens (primary N) is 1. The molecule has 0 radical (unpaired) electrons. The summed E-state index contributed by atoms with van der Waals surface area (Å²) in [6.45, 7) is 4.05. The van der Waals surface area contributed by atoms with E-state index in [0.717, 1.165) is 0 Å². The van der Waals surface area contributed by atoms with Crippen LogP contribution in [-0.4, -0.2) is 0 Å². The summed E-state index contributed by atoms with van der Waals surface area (Å²) in [5.74, 6) is -0.00741. The molecule has 0 unspecified atom stereocenters. The van der Waals surface area contributed by atoms with Crippen molar-refractivity contribution in [1.82, 2.24) is 0 Å². The summed E-state index contributed by atoms with van der Waals surface area (Å²) in [6.07, 6.45) is 0.678. The van der Waals surface area contributed by atoms with Crippen LogP contribution in [0, 0.1) is 11.7 Å². The largest absolute Gasteiger partial charge is 0.324 e. The maximum atomic E-state index is 13.5. The molecule has 0 fully saturated rings. The molecule has 16 heavy (non-hydrogen) atoms. The van der Waals surface area contributed by atoms with E-state index in [1.54, 1.807) is 0 Å². The predicted octanol–water partition coefficient (Wildman–Crippen LogP) is 4.60. The third-order valence-corrected chi connectivity index (χ3v) is 2.99. The molecule has 0 saturated heterocycles. The van der Waals surface area contributed by atoms with Crippen LogP contribution in [0.2, 0.25) is 10.0 Å². The minimum atomic E-state index is -0.406. The predicted molar refractivity (Wildman–Crippen MR) is 70.1 cm³/mol. The summed E-state index contributed by atoms with van der Waals surface area (Å²) >= 11 is 11.7. The summed E-state index contributed by atoms with van der Waals surface area (Å²) in [7, 11) is 0. The summed E-state index contributed by atoms with van der Waals surface area (Å²) in [5, 5.41) is 0.567. The summed E-state index contributed by atoms with van der Waals surface area (Å²) in [5.41, 5.74) is 6.20. The van der Waals surface area contributed by atoms with E-state index in [1.165, 1.54) is 12.1 Å². The molecule has 0 amide bonds. The third-order valence-electron chi connectivity index (χ3n) is 2.18. The van der Waals surface area contributed by atoms with E-state index in [1.807, 2.05) is 13.8 Å². The van der Waals surface area contributed by atoms with Gasteiger partial charge in [0.2, 0.25) is 0 Å². The van der Waals surface area contributed by atoms with E-state index >= 15 is 0 Å². The molecule has 0 aliphatic rings. The molecule has 1 aromatic rings. The molecule has 0 bridgehead atoms. The van der Waals surface area contributed by atoms with E-state index in [0.29, 0.717) is 22.9 Å². The number of benzene rings is 1. The van der Waals surface area contributed by atoms with E-state index in [4.69, 9.17) is 28.9 Å². The molecule has 0 aromatic heterocycles. The van der Waals surface area contributed by atoms with Crippen molar-refractivity contribution in [3.63, 3.8) is 0 Å². The molecule has 92 valence electrons. The van der Waals surface area contributed by atoms with Gasteiger partial charge in [-0.3, -0.25) is 0 Å². The van der Waals surface area contributed by atoms with Crippen LogP contribution in [0.4, 0.5) is 4.39 Å². The highest BCUT2D eigenvalue weighted by Crippen LogP contribution is 2.33. The van der Waals surface area contributed by atoms with Gasteiger partial charge in [0.1, 0.15) is 5.82 Å². The zero-order chi connectivity index (χ0) is 11.6. The monoisotopic (exact) mass is 285 g/mol. The van der Waals surface area contributed by atoms with Crippen LogP contribution in [0.15, 0.2) is 12.1 Å². The van der Waals surface area contributed by atoms with Gasteiger partial charge in [-0.25, -0.2) is 4.39 Å². The lowest BCUT2D eigenvalue weighted by molar-refractivity contribution is 0.489. The fraction of sp³-hybridized carbons (Fsp3) is 0.455. The lowest BCUT2D eigenvalue weighted by atomic mass is 9.97. The average Bonchev–Trinajstić information content (AvgIpc) is 2.11. The van der Waals surface area contributed by atoms with Crippen molar-refractivity contribution in [2.24, 2.45) is 11.7 Å². The second-order valence-electron chi connectivity index (χ2n) is 3.99. The van der Waals surface area contributed by atoms with E-state index in [-0.39, 0.29) is 17.4 Å². The first kappa shape index (κ1) is 16.0. The van der Waals surface area contributed by atoms with Crippen LogP contribution in [0.5, 0.6) is 0 Å². The van der Waals surface area contributed by atoms with E-state index in [2.05, 4.69) is 0 Å². The highest BCUT2D eigenvalue weighted by Gasteiger charge is 2.18. The van der Waals surface area contributed by atoms with Crippen molar-refractivity contribution < 1.29 is 4.39 Å². The Bertz CT molecular complexity index is 355. The second-order valence-corrected chi connectivity index (χ2v) is 4.78. The Labute approximate surface area is 112 Å². The molecule has 1 atom stereocenters. The minimum absolute atomic E-state index is 0. The molecule has 1 aromatic carbocycles. The number of hydrogen-bond acceptors (Lipinski definition) is 1. The Hall–Kier alpha value is -0.0200. The Morgan fingerprint density at radius 2 is 1.88 bits per heavy atom. The third kappa shape index (κ3) is 3.77. The van der Waals surface area contributed by atoms with Gasteiger partial charge in [-0.15, -0.1) is 12.4 Å². The normalized spacial score (nSPS) is 12.4. The van der Waals surface area contributed by atoms with Crippen LogP contribution in [0.3, 0.4) is 0 Å². The van der Waals surface area contributed by atoms with Gasteiger partial charge in [0.15, 0.2) is 0 Å². The first-order valence-corrected chi connectivity index (χ1v) is 5.58. The average molecular weight is 287 g/mol. The van der Waals surface area contributed by atoms with Crippen molar-refractivity contribution >= 4 is 35.6 Å². The molecule has 1 nitrogen and oxygen atoms in total. The van der Waals surface area contributed by atoms with Crippen LogP contribution in [-0.2, 0) is 0 Å². The summed E-state index contributed by atoms with van der Waals surface area (Å²) in [6, 6.07) is 2.32. The summed E-state index contributed by atoms with van der Waals surface area (Å²) < 4.78 is 13.5. The zero-order valence-electron chi connectivity index (χ0n) is 9.14. The van der Waals surface area contributed by atoms with Gasteiger partial charge in [-0.1, -0.05) is 37.0 Å². The van der Waals surface area contributed by atoms with Crippen molar-refractivity contribution in [1.29, 1.82) is 0 Å². The molecule has 0 saturated carbocycles. The first-order chi connectivity index (χ1) is 6.93. The zero-order valence-corrected chi connectivity index (χ0v) is 11.5. The molecule has 0 heterocycles. The quantitative estimate of drug-likeness (QED) is 0.807.